The van der Waals surface area contributed by atoms with E-state index in [2.05, 4.69) is 0 Å². The molecule has 0 spiro atoms. The molecule has 0 aromatic carbocycles. The number of likely N-dealkylation sites (tertiary alicyclic amines) is 1. The van der Waals surface area contributed by atoms with E-state index >= 15 is 0 Å². The smallest absolute Gasteiger partial charge is 0.318 e. The largest absolute Gasteiger partial charge is 0.450 e. The van der Waals surface area contributed by atoms with Gasteiger partial charge in [-0.3, -0.25) is 14.4 Å². The molecule has 3 unspecified atom stereocenters. The summed E-state index contributed by atoms with van der Waals surface area (Å²) < 4.78 is 39.9. The summed E-state index contributed by atoms with van der Waals surface area (Å²) in [7, 11) is 0. The van der Waals surface area contributed by atoms with Crippen molar-refractivity contribution in [3.8, 4) is 6.07 Å². The normalized spacial score (nSPS) is 41.7. The predicted molar refractivity (Wildman–Crippen MR) is 90.6 cm³/mol. The Kier molecular flexibility index (Phi) is 4.19. The molecule has 5 aliphatic rings. The van der Waals surface area contributed by atoms with Gasteiger partial charge in [0.2, 0.25) is 11.7 Å². The van der Waals surface area contributed by atoms with Crippen molar-refractivity contribution in [3.63, 3.8) is 0 Å². The van der Waals surface area contributed by atoms with E-state index in [0.717, 1.165) is 6.42 Å². The third-order valence-electron chi connectivity index (χ3n) is 7.56. The Morgan fingerprint density at radius 3 is 2.36 bits per heavy atom. The van der Waals surface area contributed by atoms with Crippen LogP contribution in [0.25, 0.3) is 0 Å². The predicted octanol–water partition coefficient (Wildman–Crippen LogP) is 3.18. The van der Waals surface area contributed by atoms with Gasteiger partial charge in [-0.1, -0.05) is 0 Å². The Bertz CT molecular complexity index is 758. The number of halogens is 3. The molecule has 1 aliphatic heterocycles. The molecule has 0 radical (unpaired) electrons. The average molecular weight is 396 g/mol. The Labute approximate surface area is 161 Å². The average Bonchev–Trinajstić information content (AvgIpc) is 3.03. The Morgan fingerprint density at radius 2 is 1.82 bits per heavy atom. The molecule has 4 aliphatic carbocycles. The van der Waals surface area contributed by atoms with Crippen LogP contribution in [-0.4, -0.2) is 41.1 Å². The van der Waals surface area contributed by atoms with E-state index in [4.69, 9.17) is 0 Å². The van der Waals surface area contributed by atoms with Crippen molar-refractivity contribution >= 4 is 18.0 Å². The molecule has 0 aromatic heterocycles. The number of carbonyl (C=O) groups excluding carboxylic acids is 3. The third kappa shape index (κ3) is 2.77. The lowest BCUT2D eigenvalue weighted by Gasteiger charge is -2.61. The van der Waals surface area contributed by atoms with Crippen LogP contribution in [0, 0.1) is 34.0 Å². The zero-order chi connectivity index (χ0) is 20.4. The fraction of sp³-hybridized carbons (Fsp3) is 0.800. The lowest BCUT2D eigenvalue weighted by atomic mass is 9.42. The van der Waals surface area contributed by atoms with Crippen molar-refractivity contribution in [2.24, 2.45) is 22.7 Å². The molecule has 5 fully saturated rings. The fourth-order valence-corrected chi connectivity index (χ4v) is 7.10. The zero-order valence-corrected chi connectivity index (χ0v) is 15.6. The number of ketones is 1. The summed E-state index contributed by atoms with van der Waals surface area (Å²) >= 11 is 0. The van der Waals surface area contributed by atoms with E-state index in [1.807, 2.05) is 6.07 Å². The van der Waals surface area contributed by atoms with Crippen LogP contribution in [-0.2, 0) is 14.4 Å². The van der Waals surface area contributed by atoms with Crippen LogP contribution < -0.4 is 0 Å². The highest BCUT2D eigenvalue weighted by Gasteiger charge is 2.65. The molecule has 1 saturated heterocycles. The van der Waals surface area contributed by atoms with Gasteiger partial charge in [-0.15, -0.1) is 0 Å². The van der Waals surface area contributed by atoms with E-state index in [-0.39, 0.29) is 49.8 Å². The highest BCUT2D eigenvalue weighted by Crippen LogP contribution is 2.67. The van der Waals surface area contributed by atoms with Crippen LogP contribution in [0.2, 0.25) is 0 Å². The molecule has 28 heavy (non-hydrogen) atoms. The van der Waals surface area contributed by atoms with Gasteiger partial charge in [0.05, 0.1) is 6.07 Å². The molecule has 5 rings (SSSR count). The first kappa shape index (κ1) is 19.4. The Hall–Kier alpha value is -1.91. The van der Waals surface area contributed by atoms with Gasteiger partial charge >= 0.3 is 6.18 Å². The molecule has 0 N–H and O–H groups in total. The topological polar surface area (TPSA) is 78.2 Å². The number of nitriles is 1. The molecule has 1 heterocycles. The molecule has 4 bridgehead atoms. The summed E-state index contributed by atoms with van der Waals surface area (Å²) in [6.45, 7) is 0.306. The van der Waals surface area contributed by atoms with Gasteiger partial charge in [0.1, 0.15) is 0 Å². The van der Waals surface area contributed by atoms with Crippen LogP contribution in [0.15, 0.2) is 0 Å². The van der Waals surface area contributed by atoms with Gasteiger partial charge in [-0.25, -0.2) is 0 Å². The van der Waals surface area contributed by atoms with E-state index in [1.165, 1.54) is 4.90 Å². The van der Waals surface area contributed by atoms with E-state index in [0.29, 0.717) is 32.1 Å². The Morgan fingerprint density at radius 1 is 1.18 bits per heavy atom. The molecule has 152 valence electrons. The molecular weight excluding hydrogens is 373 g/mol. The van der Waals surface area contributed by atoms with Crippen molar-refractivity contribution in [1.29, 1.82) is 5.26 Å². The molecule has 5 nitrogen and oxygen atoms in total. The van der Waals surface area contributed by atoms with Gasteiger partial charge in [0, 0.05) is 18.4 Å². The second kappa shape index (κ2) is 6.04. The SMILES string of the molecule is N#CC1(C=O)CCCN1C(=O)CC12CC3CC(C1)CC(C(=O)C(F)(F)F)(C3)C2. The number of carbonyl (C=O) groups is 3. The molecule has 4 saturated carbocycles. The number of alkyl halides is 3. The highest BCUT2D eigenvalue weighted by atomic mass is 19.4. The van der Waals surface area contributed by atoms with E-state index in [9.17, 15) is 32.8 Å². The van der Waals surface area contributed by atoms with Crippen LogP contribution in [0.1, 0.15) is 57.8 Å². The maximum Gasteiger partial charge on any atom is 0.450 e. The number of aldehydes is 1. The van der Waals surface area contributed by atoms with E-state index < -0.39 is 28.3 Å². The summed E-state index contributed by atoms with van der Waals surface area (Å²) in [5.41, 5.74) is -3.49. The van der Waals surface area contributed by atoms with Crippen molar-refractivity contribution in [2.75, 3.05) is 6.54 Å². The molecule has 0 aromatic rings. The van der Waals surface area contributed by atoms with Crippen LogP contribution >= 0.6 is 0 Å². The van der Waals surface area contributed by atoms with Gasteiger partial charge in [-0.2, -0.15) is 18.4 Å². The van der Waals surface area contributed by atoms with Gasteiger partial charge < -0.3 is 4.90 Å². The lowest BCUT2D eigenvalue weighted by molar-refractivity contribution is -0.202. The number of rotatable bonds is 4. The first-order valence-corrected chi connectivity index (χ1v) is 9.87. The quantitative estimate of drug-likeness (QED) is 0.684. The van der Waals surface area contributed by atoms with Crippen LogP contribution in [0.4, 0.5) is 13.2 Å². The minimum absolute atomic E-state index is 0.0180. The Balaban J connectivity index is 1.60. The van der Waals surface area contributed by atoms with Gasteiger partial charge in [0.25, 0.3) is 0 Å². The highest BCUT2D eigenvalue weighted by molar-refractivity contribution is 5.91. The second-order valence-electron chi connectivity index (χ2n) is 9.55. The monoisotopic (exact) mass is 396 g/mol. The van der Waals surface area contributed by atoms with Gasteiger partial charge in [0.15, 0.2) is 11.8 Å². The first-order chi connectivity index (χ1) is 13.1. The summed E-state index contributed by atoms with van der Waals surface area (Å²) in [5, 5.41) is 9.42. The molecule has 3 atom stereocenters. The number of hydrogen-bond donors (Lipinski definition) is 0. The lowest BCUT2D eigenvalue weighted by Crippen LogP contribution is -2.59. The number of nitrogens with zero attached hydrogens (tertiary/aromatic N) is 2. The van der Waals surface area contributed by atoms with Gasteiger partial charge in [-0.05, 0) is 68.6 Å². The molecular formula is C20H23F3N2O3. The standard InChI is InChI=1S/C20H23F3N2O3/c21-20(22,23)16(28)18-7-13-4-14(8-18)6-17(5-13,10-18)9-15(27)25-3-1-2-19(25,11-24)12-26/h12-14H,1-10H2. The first-order valence-electron chi connectivity index (χ1n) is 9.87. The minimum atomic E-state index is -4.86. The van der Waals surface area contributed by atoms with Crippen molar-refractivity contribution in [2.45, 2.75) is 69.5 Å². The summed E-state index contributed by atoms with van der Waals surface area (Å²) in [6.07, 6.45) is -0.770. The van der Waals surface area contributed by atoms with Crippen molar-refractivity contribution in [3.05, 3.63) is 0 Å². The number of amides is 1. The third-order valence-corrected chi connectivity index (χ3v) is 7.56. The summed E-state index contributed by atoms with van der Waals surface area (Å²) in [6, 6.07) is 1.95. The van der Waals surface area contributed by atoms with Crippen LogP contribution in [0.5, 0.6) is 0 Å². The summed E-state index contributed by atoms with van der Waals surface area (Å²) in [5.74, 6) is -1.91. The fourth-order valence-electron chi connectivity index (χ4n) is 7.10. The zero-order valence-electron chi connectivity index (χ0n) is 15.6. The number of hydrogen-bond acceptors (Lipinski definition) is 4. The maximum atomic E-state index is 13.3. The van der Waals surface area contributed by atoms with Crippen LogP contribution in [0.3, 0.4) is 0 Å². The minimum Gasteiger partial charge on any atom is -0.318 e. The maximum absolute atomic E-state index is 13.3. The number of Topliss-reactive ketones (excluding diaryl/α,β-unsaturated/α-hetero) is 1. The van der Waals surface area contributed by atoms with Crippen molar-refractivity contribution < 1.29 is 27.6 Å². The second-order valence-corrected chi connectivity index (χ2v) is 9.55. The van der Waals surface area contributed by atoms with E-state index in [1.54, 1.807) is 0 Å². The molecule has 8 heteroatoms. The van der Waals surface area contributed by atoms with Crippen molar-refractivity contribution in [1.82, 2.24) is 4.90 Å². The summed E-state index contributed by atoms with van der Waals surface area (Å²) in [4.78, 5) is 38.1. The molecule has 1 amide bonds.